The maximum Gasteiger partial charge on any atom is 0.0387 e. The summed E-state index contributed by atoms with van der Waals surface area (Å²) in [6.45, 7) is 10.5. The minimum Gasteiger partial charge on any atom is -0.382 e. The van der Waals surface area contributed by atoms with Gasteiger partial charge < -0.3 is 5.32 Å². The highest BCUT2D eigenvalue weighted by atomic mass is 15.1. The molecule has 0 saturated carbocycles. The third kappa shape index (κ3) is 4.54. The topological polar surface area (TPSA) is 15.3 Å². The molecule has 19 heavy (non-hydrogen) atoms. The van der Waals surface area contributed by atoms with Gasteiger partial charge in [0, 0.05) is 18.3 Å². The first-order valence-electron chi connectivity index (χ1n) is 7.72. The van der Waals surface area contributed by atoms with E-state index in [-0.39, 0.29) is 0 Å². The number of para-hydroxylation sites is 1. The third-order valence-electron chi connectivity index (χ3n) is 3.84. The molecule has 1 aliphatic heterocycles. The van der Waals surface area contributed by atoms with E-state index in [0.29, 0.717) is 6.04 Å². The quantitative estimate of drug-likeness (QED) is 0.827. The highest BCUT2D eigenvalue weighted by Crippen LogP contribution is 2.21. The second-order valence-electron chi connectivity index (χ2n) is 6.32. The smallest absolute Gasteiger partial charge is 0.0387 e. The number of hydrogen-bond donors (Lipinski definition) is 1. The molecular weight excluding hydrogens is 232 g/mol. The Kier molecular flexibility index (Phi) is 5.26. The molecule has 1 heterocycles. The predicted octanol–water partition coefficient (Wildman–Crippen LogP) is 4.13. The van der Waals surface area contributed by atoms with Gasteiger partial charge >= 0.3 is 0 Å². The van der Waals surface area contributed by atoms with Gasteiger partial charge in [-0.05, 0) is 56.8 Å². The summed E-state index contributed by atoms with van der Waals surface area (Å²) < 4.78 is 0. The van der Waals surface area contributed by atoms with Crippen LogP contribution in [0.5, 0.6) is 0 Å². The predicted molar refractivity (Wildman–Crippen MR) is 83.5 cm³/mol. The lowest BCUT2D eigenvalue weighted by Gasteiger charge is -2.22. The molecule has 1 aromatic rings. The molecule has 0 aromatic heterocycles. The lowest BCUT2D eigenvalue weighted by atomic mass is 10.0. The van der Waals surface area contributed by atoms with Crippen LogP contribution in [0.15, 0.2) is 24.3 Å². The highest BCUT2D eigenvalue weighted by molar-refractivity contribution is 5.51. The summed E-state index contributed by atoms with van der Waals surface area (Å²) in [5.41, 5.74) is 2.77. The number of anilines is 1. The number of nitrogens with one attached hydrogen (secondary N) is 1. The first-order chi connectivity index (χ1) is 9.15. The Balaban J connectivity index is 1.98. The molecule has 1 unspecified atom stereocenters. The van der Waals surface area contributed by atoms with Crippen molar-refractivity contribution in [2.24, 2.45) is 5.92 Å². The Bertz CT molecular complexity index is 381. The summed E-state index contributed by atoms with van der Waals surface area (Å²) in [4.78, 5) is 2.56. The summed E-state index contributed by atoms with van der Waals surface area (Å²) in [5.74, 6) is 0.744. The molecule has 2 heteroatoms. The summed E-state index contributed by atoms with van der Waals surface area (Å²) >= 11 is 0. The molecule has 0 spiro atoms. The molecule has 1 aromatic carbocycles. The van der Waals surface area contributed by atoms with E-state index in [0.717, 1.165) is 12.5 Å². The molecule has 0 radical (unpaired) electrons. The van der Waals surface area contributed by atoms with E-state index in [1.807, 2.05) is 0 Å². The molecule has 2 nitrogen and oxygen atoms in total. The monoisotopic (exact) mass is 260 g/mol. The Morgan fingerprint density at radius 2 is 1.79 bits per heavy atom. The van der Waals surface area contributed by atoms with Crippen LogP contribution in [0.25, 0.3) is 0 Å². The van der Waals surface area contributed by atoms with Gasteiger partial charge in [-0.25, -0.2) is 0 Å². The number of hydrogen-bond acceptors (Lipinski definition) is 2. The molecule has 1 atom stereocenters. The van der Waals surface area contributed by atoms with Crippen molar-refractivity contribution in [2.45, 2.75) is 52.6 Å². The molecular formula is C17H28N2. The van der Waals surface area contributed by atoms with Crippen LogP contribution in [-0.4, -0.2) is 24.0 Å². The second-order valence-corrected chi connectivity index (χ2v) is 6.32. The Labute approximate surface area is 118 Å². The van der Waals surface area contributed by atoms with Gasteiger partial charge in [0.25, 0.3) is 0 Å². The Morgan fingerprint density at radius 1 is 1.11 bits per heavy atom. The molecule has 0 bridgehead atoms. The zero-order chi connectivity index (χ0) is 13.7. The molecule has 1 N–H and O–H groups in total. The van der Waals surface area contributed by atoms with Crippen LogP contribution in [0.2, 0.25) is 0 Å². The van der Waals surface area contributed by atoms with E-state index in [2.05, 4.69) is 55.3 Å². The van der Waals surface area contributed by atoms with E-state index in [1.54, 1.807) is 0 Å². The fourth-order valence-corrected chi connectivity index (χ4v) is 3.01. The molecule has 0 amide bonds. The van der Waals surface area contributed by atoms with Gasteiger partial charge in [-0.15, -0.1) is 0 Å². The molecule has 1 fully saturated rings. The average molecular weight is 260 g/mol. The van der Waals surface area contributed by atoms with E-state index in [9.17, 15) is 0 Å². The standard InChI is InChI=1S/C17H28N2/c1-14(2)12-15(3)18-17-9-5-4-8-16(17)13-19-10-6-7-11-19/h4-5,8-9,14-15,18H,6-7,10-13H2,1-3H3. The van der Waals surface area contributed by atoms with Crippen molar-refractivity contribution in [1.82, 2.24) is 4.90 Å². The minimum absolute atomic E-state index is 0.541. The SMILES string of the molecule is CC(C)CC(C)Nc1ccccc1CN1CCCC1. The van der Waals surface area contributed by atoms with E-state index < -0.39 is 0 Å². The van der Waals surface area contributed by atoms with Crippen molar-refractivity contribution >= 4 is 5.69 Å². The van der Waals surface area contributed by atoms with Gasteiger partial charge in [0.1, 0.15) is 0 Å². The van der Waals surface area contributed by atoms with Crippen LogP contribution in [0.4, 0.5) is 5.69 Å². The van der Waals surface area contributed by atoms with Crippen molar-refractivity contribution in [3.05, 3.63) is 29.8 Å². The van der Waals surface area contributed by atoms with Crippen LogP contribution < -0.4 is 5.32 Å². The lowest BCUT2D eigenvalue weighted by Crippen LogP contribution is -2.22. The number of likely N-dealkylation sites (tertiary alicyclic amines) is 1. The fourth-order valence-electron chi connectivity index (χ4n) is 3.01. The average Bonchev–Trinajstić information content (AvgIpc) is 2.83. The number of nitrogens with zero attached hydrogens (tertiary/aromatic N) is 1. The van der Waals surface area contributed by atoms with Crippen molar-refractivity contribution < 1.29 is 0 Å². The maximum atomic E-state index is 3.69. The molecule has 0 aliphatic carbocycles. The zero-order valence-corrected chi connectivity index (χ0v) is 12.7. The van der Waals surface area contributed by atoms with Crippen LogP contribution in [0, 0.1) is 5.92 Å². The summed E-state index contributed by atoms with van der Waals surface area (Å²) in [5, 5.41) is 3.69. The number of rotatable bonds is 6. The number of benzene rings is 1. The minimum atomic E-state index is 0.541. The molecule has 1 aliphatic rings. The van der Waals surface area contributed by atoms with Gasteiger partial charge in [0.15, 0.2) is 0 Å². The van der Waals surface area contributed by atoms with Crippen molar-refractivity contribution in [1.29, 1.82) is 0 Å². The van der Waals surface area contributed by atoms with Crippen LogP contribution in [-0.2, 0) is 6.54 Å². The van der Waals surface area contributed by atoms with Crippen molar-refractivity contribution in [3.8, 4) is 0 Å². The van der Waals surface area contributed by atoms with Crippen molar-refractivity contribution in [3.63, 3.8) is 0 Å². The molecule has 1 saturated heterocycles. The summed E-state index contributed by atoms with van der Waals surface area (Å²) in [7, 11) is 0. The Morgan fingerprint density at radius 3 is 2.47 bits per heavy atom. The van der Waals surface area contributed by atoms with Gasteiger partial charge in [-0.3, -0.25) is 4.90 Å². The third-order valence-corrected chi connectivity index (χ3v) is 3.84. The highest BCUT2D eigenvalue weighted by Gasteiger charge is 2.14. The largest absolute Gasteiger partial charge is 0.382 e. The van der Waals surface area contributed by atoms with Crippen LogP contribution in [0.3, 0.4) is 0 Å². The summed E-state index contributed by atoms with van der Waals surface area (Å²) in [6, 6.07) is 9.33. The molecule has 106 valence electrons. The van der Waals surface area contributed by atoms with Crippen LogP contribution >= 0.6 is 0 Å². The van der Waals surface area contributed by atoms with Gasteiger partial charge in [0.2, 0.25) is 0 Å². The van der Waals surface area contributed by atoms with Crippen LogP contribution in [0.1, 0.15) is 45.6 Å². The zero-order valence-electron chi connectivity index (χ0n) is 12.7. The van der Waals surface area contributed by atoms with Gasteiger partial charge in [-0.1, -0.05) is 32.0 Å². The van der Waals surface area contributed by atoms with Gasteiger partial charge in [-0.2, -0.15) is 0 Å². The normalized spacial score (nSPS) is 17.9. The van der Waals surface area contributed by atoms with E-state index in [1.165, 1.54) is 43.6 Å². The van der Waals surface area contributed by atoms with Crippen molar-refractivity contribution in [2.75, 3.05) is 18.4 Å². The van der Waals surface area contributed by atoms with E-state index >= 15 is 0 Å². The van der Waals surface area contributed by atoms with Gasteiger partial charge in [0.05, 0.1) is 0 Å². The second kappa shape index (κ2) is 6.95. The Hall–Kier alpha value is -1.02. The summed E-state index contributed by atoms with van der Waals surface area (Å²) in [6.07, 6.45) is 3.94. The first kappa shape index (κ1) is 14.4. The fraction of sp³-hybridized carbons (Fsp3) is 0.647. The molecule has 2 rings (SSSR count). The lowest BCUT2D eigenvalue weighted by molar-refractivity contribution is 0.332. The van der Waals surface area contributed by atoms with E-state index in [4.69, 9.17) is 0 Å². The first-order valence-corrected chi connectivity index (χ1v) is 7.72. The maximum absolute atomic E-state index is 3.69.